The molecule has 3 rings (SSSR count). The van der Waals surface area contributed by atoms with E-state index in [1.54, 1.807) is 0 Å². The Balaban J connectivity index is 1.83. The highest BCUT2D eigenvalue weighted by Crippen LogP contribution is 2.71. The van der Waals surface area contributed by atoms with Crippen LogP contribution in [0.2, 0.25) is 0 Å². The number of ether oxygens (including phenoxy) is 2. The molecular formula is C13H22O2. The van der Waals surface area contributed by atoms with Crippen LogP contribution in [0.3, 0.4) is 0 Å². The molecule has 2 nitrogen and oxygen atoms in total. The summed E-state index contributed by atoms with van der Waals surface area (Å²) in [5.41, 5.74) is 1.13. The summed E-state index contributed by atoms with van der Waals surface area (Å²) in [7, 11) is 3.70. The van der Waals surface area contributed by atoms with E-state index in [1.165, 1.54) is 32.1 Å². The van der Waals surface area contributed by atoms with Crippen molar-refractivity contribution in [1.29, 1.82) is 0 Å². The summed E-state index contributed by atoms with van der Waals surface area (Å²) in [5.74, 6) is 0.922. The first-order chi connectivity index (χ1) is 7.16. The van der Waals surface area contributed by atoms with E-state index >= 15 is 0 Å². The maximum atomic E-state index is 5.70. The Hall–Kier alpha value is -0.0800. The summed E-state index contributed by atoms with van der Waals surface area (Å²) in [4.78, 5) is 0. The largest absolute Gasteiger partial charge is 0.379 e. The highest BCUT2D eigenvalue weighted by molar-refractivity contribution is 5.16. The van der Waals surface area contributed by atoms with E-state index in [-0.39, 0.29) is 0 Å². The molecular weight excluding hydrogens is 188 g/mol. The van der Waals surface area contributed by atoms with Gasteiger partial charge >= 0.3 is 0 Å². The van der Waals surface area contributed by atoms with Crippen LogP contribution in [0.25, 0.3) is 0 Å². The quantitative estimate of drug-likeness (QED) is 0.697. The molecule has 0 aliphatic heterocycles. The highest BCUT2D eigenvalue weighted by Gasteiger charge is 2.66. The van der Waals surface area contributed by atoms with E-state index in [1.807, 2.05) is 14.2 Å². The summed E-state index contributed by atoms with van der Waals surface area (Å²) < 4.78 is 11.4. The van der Waals surface area contributed by atoms with Crippen molar-refractivity contribution in [3.05, 3.63) is 0 Å². The van der Waals surface area contributed by atoms with Crippen molar-refractivity contribution < 1.29 is 9.47 Å². The number of hydrogen-bond acceptors (Lipinski definition) is 2. The topological polar surface area (TPSA) is 18.5 Å². The van der Waals surface area contributed by atoms with Crippen LogP contribution < -0.4 is 0 Å². The van der Waals surface area contributed by atoms with E-state index in [2.05, 4.69) is 6.92 Å². The van der Waals surface area contributed by atoms with Crippen LogP contribution >= 0.6 is 0 Å². The zero-order valence-electron chi connectivity index (χ0n) is 10.1. The van der Waals surface area contributed by atoms with E-state index < -0.39 is 0 Å². The third-order valence-corrected chi connectivity index (χ3v) is 5.30. The molecule has 3 fully saturated rings. The van der Waals surface area contributed by atoms with Gasteiger partial charge in [0.2, 0.25) is 0 Å². The standard InChI is InChI=1S/C13H22O2/c1-9-6-13(9)7-10(14-2)11(15-3)12(8-13)4-5-12/h9-11H,4-8H2,1-3H3/t9?,10-,11-,13?/m1/s1. The van der Waals surface area contributed by atoms with Crippen molar-refractivity contribution in [2.45, 2.75) is 51.2 Å². The fourth-order valence-corrected chi connectivity index (χ4v) is 4.09. The van der Waals surface area contributed by atoms with E-state index in [0.29, 0.717) is 23.0 Å². The summed E-state index contributed by atoms with van der Waals surface area (Å²) in [6.45, 7) is 2.40. The SMILES string of the molecule is CO[C@@H]1[C@H](OC)CC2(CC2C)CC12CC2. The van der Waals surface area contributed by atoms with Gasteiger partial charge in [0, 0.05) is 14.2 Å². The molecule has 0 aromatic heterocycles. The lowest BCUT2D eigenvalue weighted by Gasteiger charge is -2.42. The van der Waals surface area contributed by atoms with Crippen LogP contribution in [-0.2, 0) is 9.47 Å². The maximum Gasteiger partial charge on any atom is 0.0889 e. The van der Waals surface area contributed by atoms with Gasteiger partial charge in [-0.15, -0.1) is 0 Å². The second-order valence-electron chi connectivity index (χ2n) is 6.14. The van der Waals surface area contributed by atoms with Gasteiger partial charge in [-0.2, -0.15) is 0 Å². The number of hydrogen-bond donors (Lipinski definition) is 0. The molecule has 0 aromatic rings. The Bertz CT molecular complexity index is 272. The molecule has 0 N–H and O–H groups in total. The molecule has 0 aromatic carbocycles. The minimum absolute atomic E-state index is 0.344. The molecule has 0 saturated heterocycles. The fourth-order valence-electron chi connectivity index (χ4n) is 4.09. The molecule has 4 atom stereocenters. The molecule has 0 heterocycles. The average molecular weight is 210 g/mol. The summed E-state index contributed by atoms with van der Waals surface area (Å²) in [6, 6.07) is 0. The van der Waals surface area contributed by atoms with Gasteiger partial charge in [-0.3, -0.25) is 0 Å². The lowest BCUT2D eigenvalue weighted by Crippen LogP contribution is -2.45. The van der Waals surface area contributed by atoms with E-state index in [4.69, 9.17) is 9.47 Å². The predicted octanol–water partition coefficient (Wildman–Crippen LogP) is 2.62. The second kappa shape index (κ2) is 2.98. The third-order valence-electron chi connectivity index (χ3n) is 5.30. The Labute approximate surface area is 92.3 Å². The molecule has 3 aliphatic rings. The fraction of sp³-hybridized carbons (Fsp3) is 1.00. The predicted molar refractivity (Wildman–Crippen MR) is 58.7 cm³/mol. The lowest BCUT2D eigenvalue weighted by atomic mass is 9.72. The smallest absolute Gasteiger partial charge is 0.0889 e. The molecule has 2 spiro atoms. The van der Waals surface area contributed by atoms with Crippen molar-refractivity contribution in [1.82, 2.24) is 0 Å². The summed E-state index contributed by atoms with van der Waals surface area (Å²) in [6.07, 6.45) is 7.48. The van der Waals surface area contributed by atoms with Crippen LogP contribution in [0.5, 0.6) is 0 Å². The molecule has 2 unspecified atom stereocenters. The van der Waals surface area contributed by atoms with Gasteiger partial charge in [0.25, 0.3) is 0 Å². The lowest BCUT2D eigenvalue weighted by molar-refractivity contribution is -0.116. The first-order valence-corrected chi connectivity index (χ1v) is 6.21. The Kier molecular flexibility index (Phi) is 2.01. The van der Waals surface area contributed by atoms with Crippen LogP contribution in [0.15, 0.2) is 0 Å². The normalized spacial score (nSPS) is 51.0. The molecule has 3 saturated carbocycles. The first-order valence-electron chi connectivity index (χ1n) is 6.21. The highest BCUT2D eigenvalue weighted by atomic mass is 16.5. The van der Waals surface area contributed by atoms with Gasteiger partial charge in [-0.1, -0.05) is 6.92 Å². The Morgan fingerprint density at radius 3 is 2.07 bits per heavy atom. The maximum absolute atomic E-state index is 5.70. The molecule has 0 radical (unpaired) electrons. The molecule has 2 heteroatoms. The monoisotopic (exact) mass is 210 g/mol. The van der Waals surface area contributed by atoms with Crippen molar-refractivity contribution in [3.8, 4) is 0 Å². The van der Waals surface area contributed by atoms with Crippen molar-refractivity contribution in [3.63, 3.8) is 0 Å². The van der Waals surface area contributed by atoms with Gasteiger partial charge < -0.3 is 9.47 Å². The molecule has 0 bridgehead atoms. The minimum atomic E-state index is 0.344. The molecule has 15 heavy (non-hydrogen) atoms. The van der Waals surface area contributed by atoms with Gasteiger partial charge in [-0.25, -0.2) is 0 Å². The van der Waals surface area contributed by atoms with Gasteiger partial charge in [0.1, 0.15) is 0 Å². The van der Waals surface area contributed by atoms with Crippen molar-refractivity contribution in [2.75, 3.05) is 14.2 Å². The minimum Gasteiger partial charge on any atom is -0.379 e. The first kappa shape index (κ1) is 10.1. The molecule has 86 valence electrons. The Morgan fingerprint density at radius 2 is 1.67 bits per heavy atom. The summed E-state index contributed by atoms with van der Waals surface area (Å²) in [5, 5.41) is 0. The van der Waals surface area contributed by atoms with Gasteiger partial charge in [0.15, 0.2) is 0 Å². The molecule has 0 amide bonds. The summed E-state index contributed by atoms with van der Waals surface area (Å²) >= 11 is 0. The molecule has 3 aliphatic carbocycles. The third kappa shape index (κ3) is 1.31. The zero-order valence-corrected chi connectivity index (χ0v) is 10.1. The zero-order chi connectivity index (χ0) is 10.7. The number of rotatable bonds is 2. The second-order valence-corrected chi connectivity index (χ2v) is 6.14. The number of methoxy groups -OCH3 is 2. The average Bonchev–Trinajstić information content (AvgIpc) is 3.09. The van der Waals surface area contributed by atoms with Crippen LogP contribution in [0.1, 0.15) is 39.0 Å². The van der Waals surface area contributed by atoms with Crippen molar-refractivity contribution in [2.24, 2.45) is 16.7 Å². The van der Waals surface area contributed by atoms with Crippen LogP contribution in [0.4, 0.5) is 0 Å². The van der Waals surface area contributed by atoms with Crippen molar-refractivity contribution >= 4 is 0 Å². The van der Waals surface area contributed by atoms with E-state index in [0.717, 1.165) is 5.92 Å². The van der Waals surface area contributed by atoms with Crippen LogP contribution in [0, 0.1) is 16.7 Å². The van der Waals surface area contributed by atoms with E-state index in [9.17, 15) is 0 Å². The van der Waals surface area contributed by atoms with Gasteiger partial charge in [-0.05, 0) is 48.9 Å². The van der Waals surface area contributed by atoms with Crippen LogP contribution in [-0.4, -0.2) is 26.4 Å². The van der Waals surface area contributed by atoms with Gasteiger partial charge in [0.05, 0.1) is 12.2 Å². The Morgan fingerprint density at radius 1 is 1.00 bits per heavy atom.